The van der Waals surface area contributed by atoms with Gasteiger partial charge in [-0.15, -0.1) is 11.3 Å². The highest BCUT2D eigenvalue weighted by molar-refractivity contribution is 7.14. The number of anilines is 1. The van der Waals surface area contributed by atoms with Gasteiger partial charge in [0.25, 0.3) is 5.91 Å². The quantitative estimate of drug-likeness (QED) is 0.878. The maximum Gasteiger partial charge on any atom is 0.340 e. The Morgan fingerprint density at radius 3 is 2.85 bits per heavy atom. The Kier molecular flexibility index (Phi) is 4.19. The smallest absolute Gasteiger partial charge is 0.340 e. The third-order valence-corrected chi connectivity index (χ3v) is 3.64. The van der Waals surface area contributed by atoms with Crippen LogP contribution in [0.1, 0.15) is 33.5 Å². The Morgan fingerprint density at radius 2 is 2.25 bits per heavy atom. The second-order valence-electron chi connectivity index (χ2n) is 4.10. The number of ether oxygens (including phenoxy) is 1. The molecule has 0 bridgehead atoms. The van der Waals surface area contributed by atoms with Crippen LogP contribution in [0.4, 0.5) is 5.00 Å². The van der Waals surface area contributed by atoms with Gasteiger partial charge in [0.15, 0.2) is 5.69 Å². The second kappa shape index (κ2) is 5.87. The van der Waals surface area contributed by atoms with Crippen LogP contribution in [-0.4, -0.2) is 28.8 Å². The van der Waals surface area contributed by atoms with Crippen molar-refractivity contribution >= 4 is 28.2 Å². The molecule has 2 heterocycles. The number of nitrogens with zero attached hydrogens (tertiary/aromatic N) is 2. The molecular formula is C13H15N3O3S. The molecule has 106 valence electrons. The van der Waals surface area contributed by atoms with Crippen LogP contribution in [0.15, 0.2) is 17.5 Å². The number of aryl methyl sites for hydroxylation is 2. The molecule has 0 aliphatic rings. The second-order valence-corrected chi connectivity index (χ2v) is 5.01. The molecule has 20 heavy (non-hydrogen) atoms. The number of nitrogens with one attached hydrogen (secondary N) is 1. The van der Waals surface area contributed by atoms with Crippen LogP contribution in [0.2, 0.25) is 0 Å². The molecule has 0 aliphatic carbocycles. The fourth-order valence-electron chi connectivity index (χ4n) is 1.79. The van der Waals surface area contributed by atoms with Crippen molar-refractivity contribution in [3.8, 4) is 0 Å². The molecule has 0 spiro atoms. The van der Waals surface area contributed by atoms with Crippen molar-refractivity contribution in [1.29, 1.82) is 0 Å². The van der Waals surface area contributed by atoms with Gasteiger partial charge in [-0.1, -0.05) is 0 Å². The normalized spacial score (nSPS) is 10.3. The van der Waals surface area contributed by atoms with Gasteiger partial charge in [-0.2, -0.15) is 5.10 Å². The van der Waals surface area contributed by atoms with Gasteiger partial charge < -0.3 is 10.1 Å². The average molecular weight is 293 g/mol. The Bertz CT molecular complexity index is 645. The number of hydrogen-bond donors (Lipinski definition) is 1. The standard InChI is InChI=1S/C13H15N3O3S/c1-4-16-8(2)7-10(15-16)11(17)14-12-9(5-6-20-12)13(18)19-3/h5-7H,4H2,1-3H3,(H,14,17). The van der Waals surface area contributed by atoms with Gasteiger partial charge in [0.05, 0.1) is 12.7 Å². The molecule has 2 aromatic rings. The van der Waals surface area contributed by atoms with E-state index in [0.717, 1.165) is 5.69 Å². The molecule has 0 atom stereocenters. The lowest BCUT2D eigenvalue weighted by Crippen LogP contribution is -2.14. The van der Waals surface area contributed by atoms with Crippen molar-refractivity contribution in [2.45, 2.75) is 20.4 Å². The van der Waals surface area contributed by atoms with Crippen LogP contribution in [-0.2, 0) is 11.3 Å². The number of rotatable bonds is 4. The predicted molar refractivity (Wildman–Crippen MR) is 76.2 cm³/mol. The van der Waals surface area contributed by atoms with Crippen molar-refractivity contribution in [1.82, 2.24) is 9.78 Å². The zero-order chi connectivity index (χ0) is 14.7. The number of amides is 1. The predicted octanol–water partition coefficient (Wildman–Crippen LogP) is 2.31. The SMILES string of the molecule is CCn1nc(C(=O)Nc2sccc2C(=O)OC)cc1C. The Hall–Kier alpha value is -2.15. The molecule has 0 saturated carbocycles. The first kappa shape index (κ1) is 14.3. The lowest BCUT2D eigenvalue weighted by molar-refractivity contribution is 0.0602. The van der Waals surface area contributed by atoms with Crippen molar-refractivity contribution < 1.29 is 14.3 Å². The monoisotopic (exact) mass is 293 g/mol. The highest BCUT2D eigenvalue weighted by atomic mass is 32.1. The van der Waals surface area contributed by atoms with Gasteiger partial charge in [-0.05, 0) is 31.4 Å². The van der Waals surface area contributed by atoms with Crippen LogP contribution < -0.4 is 5.32 Å². The molecule has 0 aliphatic heterocycles. The zero-order valence-corrected chi connectivity index (χ0v) is 12.3. The molecule has 0 fully saturated rings. The Morgan fingerprint density at radius 1 is 1.50 bits per heavy atom. The van der Waals surface area contributed by atoms with E-state index in [9.17, 15) is 9.59 Å². The van der Waals surface area contributed by atoms with Crippen LogP contribution in [0.5, 0.6) is 0 Å². The fourth-order valence-corrected chi connectivity index (χ4v) is 2.56. The van der Waals surface area contributed by atoms with E-state index in [1.54, 1.807) is 22.2 Å². The molecule has 7 heteroatoms. The summed E-state index contributed by atoms with van der Waals surface area (Å²) in [6.07, 6.45) is 0. The number of carbonyl (C=O) groups is 2. The first-order valence-corrected chi connectivity index (χ1v) is 6.96. The summed E-state index contributed by atoms with van der Waals surface area (Å²) in [5.74, 6) is -0.815. The summed E-state index contributed by atoms with van der Waals surface area (Å²) < 4.78 is 6.40. The Balaban J connectivity index is 2.19. The van der Waals surface area contributed by atoms with Crippen molar-refractivity contribution in [3.63, 3.8) is 0 Å². The highest BCUT2D eigenvalue weighted by Gasteiger charge is 2.18. The minimum Gasteiger partial charge on any atom is -0.465 e. The van der Waals surface area contributed by atoms with Gasteiger partial charge >= 0.3 is 5.97 Å². The fraction of sp³-hybridized carbons (Fsp3) is 0.308. The topological polar surface area (TPSA) is 73.2 Å². The molecular weight excluding hydrogens is 278 g/mol. The van der Waals surface area contributed by atoms with E-state index in [4.69, 9.17) is 0 Å². The van der Waals surface area contributed by atoms with Gasteiger partial charge in [0.1, 0.15) is 5.00 Å². The van der Waals surface area contributed by atoms with Crippen LogP contribution in [0.25, 0.3) is 0 Å². The zero-order valence-electron chi connectivity index (χ0n) is 11.5. The van der Waals surface area contributed by atoms with E-state index < -0.39 is 5.97 Å². The summed E-state index contributed by atoms with van der Waals surface area (Å²) in [6.45, 7) is 4.54. The number of carbonyl (C=O) groups excluding carboxylic acids is 2. The van der Waals surface area contributed by atoms with E-state index in [2.05, 4.69) is 15.2 Å². The van der Waals surface area contributed by atoms with Gasteiger partial charge in [-0.3, -0.25) is 9.48 Å². The summed E-state index contributed by atoms with van der Waals surface area (Å²) in [5, 5.41) is 9.07. The van der Waals surface area contributed by atoms with E-state index in [1.165, 1.54) is 18.4 Å². The van der Waals surface area contributed by atoms with E-state index in [0.29, 0.717) is 22.8 Å². The number of hydrogen-bond acceptors (Lipinski definition) is 5. The summed E-state index contributed by atoms with van der Waals surface area (Å²) >= 11 is 1.27. The minimum absolute atomic E-state index is 0.327. The molecule has 6 nitrogen and oxygen atoms in total. The highest BCUT2D eigenvalue weighted by Crippen LogP contribution is 2.24. The number of thiophene rings is 1. The summed E-state index contributed by atoms with van der Waals surface area (Å²) in [5.41, 5.74) is 1.59. The largest absolute Gasteiger partial charge is 0.465 e. The lowest BCUT2D eigenvalue weighted by Gasteiger charge is -2.03. The average Bonchev–Trinajstić information content (AvgIpc) is 3.04. The molecule has 0 saturated heterocycles. The maximum absolute atomic E-state index is 12.1. The summed E-state index contributed by atoms with van der Waals surface area (Å²) in [4.78, 5) is 23.7. The number of aromatic nitrogens is 2. The first-order valence-electron chi connectivity index (χ1n) is 6.08. The molecule has 1 amide bonds. The third-order valence-electron chi connectivity index (χ3n) is 2.81. The minimum atomic E-state index is -0.475. The van der Waals surface area contributed by atoms with Crippen molar-refractivity contribution in [2.24, 2.45) is 0 Å². The van der Waals surface area contributed by atoms with Gasteiger partial charge in [0.2, 0.25) is 0 Å². The molecule has 2 aromatic heterocycles. The molecule has 0 unspecified atom stereocenters. The molecule has 1 N–H and O–H groups in total. The maximum atomic E-state index is 12.1. The molecule has 0 radical (unpaired) electrons. The molecule has 2 rings (SSSR count). The molecule has 0 aromatic carbocycles. The Labute approximate surface area is 120 Å². The van der Waals surface area contributed by atoms with Crippen molar-refractivity contribution in [3.05, 3.63) is 34.5 Å². The number of esters is 1. The van der Waals surface area contributed by atoms with Crippen LogP contribution >= 0.6 is 11.3 Å². The van der Waals surface area contributed by atoms with E-state index in [-0.39, 0.29) is 5.91 Å². The van der Waals surface area contributed by atoms with Crippen LogP contribution in [0, 0.1) is 6.92 Å². The summed E-state index contributed by atoms with van der Waals surface area (Å²) in [6, 6.07) is 3.33. The summed E-state index contributed by atoms with van der Waals surface area (Å²) in [7, 11) is 1.30. The van der Waals surface area contributed by atoms with Crippen LogP contribution in [0.3, 0.4) is 0 Å². The van der Waals surface area contributed by atoms with Gasteiger partial charge in [0, 0.05) is 12.2 Å². The van der Waals surface area contributed by atoms with Gasteiger partial charge in [-0.25, -0.2) is 4.79 Å². The number of methoxy groups -OCH3 is 1. The van der Waals surface area contributed by atoms with E-state index >= 15 is 0 Å². The first-order chi connectivity index (χ1) is 9.56. The van der Waals surface area contributed by atoms with Crippen molar-refractivity contribution in [2.75, 3.05) is 12.4 Å². The third kappa shape index (κ3) is 2.72. The van der Waals surface area contributed by atoms with E-state index in [1.807, 2.05) is 13.8 Å². The lowest BCUT2D eigenvalue weighted by atomic mass is 10.3.